The fraction of sp³-hybridized carbons (Fsp3) is 0.0370. The molecule has 0 aliphatic rings. The Morgan fingerprint density at radius 1 is 0.607 bits per heavy atom. The molecule has 0 saturated heterocycles. The molecule has 0 fully saturated rings. The number of fused-ring (bicyclic) bond motifs is 7. The largest absolute Gasteiger partial charge is 0.308 e. The Hall–Kier alpha value is -3.58. The van der Waals surface area contributed by atoms with Crippen LogP contribution in [0, 0.1) is 6.92 Å². The van der Waals surface area contributed by atoms with Crippen molar-refractivity contribution >= 4 is 38.0 Å². The monoisotopic (exact) mass is 357 g/mol. The highest BCUT2D eigenvalue weighted by Crippen LogP contribution is 2.39. The minimum absolute atomic E-state index is 1.24. The van der Waals surface area contributed by atoms with Gasteiger partial charge in [-0.25, -0.2) is 0 Å². The molecule has 6 aromatic rings. The molecule has 0 saturated carbocycles. The van der Waals surface area contributed by atoms with Crippen molar-refractivity contribution in [1.29, 1.82) is 0 Å². The van der Waals surface area contributed by atoms with Crippen molar-refractivity contribution in [2.75, 3.05) is 0 Å². The number of aryl methyl sites for hydroxylation is 1. The van der Waals surface area contributed by atoms with Gasteiger partial charge in [-0.3, -0.25) is 0 Å². The summed E-state index contributed by atoms with van der Waals surface area (Å²) in [4.78, 5) is 0. The maximum Gasteiger partial charge on any atom is 0.0582 e. The van der Waals surface area contributed by atoms with Crippen molar-refractivity contribution in [1.82, 2.24) is 4.40 Å². The van der Waals surface area contributed by atoms with Gasteiger partial charge in [-0.1, -0.05) is 84.9 Å². The van der Waals surface area contributed by atoms with Gasteiger partial charge in [-0.2, -0.15) is 0 Å². The molecule has 28 heavy (non-hydrogen) atoms. The predicted octanol–water partition coefficient (Wildman–Crippen LogP) is 7.37. The molecule has 2 heterocycles. The standard InChI is InChI=1S/C27H19N/c1-18-22-12-7-8-14-24(22)28-25(20-10-3-2-4-11-20)17-21-16-15-19-9-5-6-13-23(19)26(21)27(18)28/h2-17H,1H3. The van der Waals surface area contributed by atoms with Gasteiger partial charge in [0.25, 0.3) is 0 Å². The summed E-state index contributed by atoms with van der Waals surface area (Å²) in [5, 5.41) is 6.55. The van der Waals surface area contributed by atoms with Crippen LogP contribution in [0.2, 0.25) is 0 Å². The van der Waals surface area contributed by atoms with Crippen molar-refractivity contribution in [3.05, 3.63) is 103 Å². The summed E-state index contributed by atoms with van der Waals surface area (Å²) < 4.78 is 2.45. The third-order valence-corrected chi connectivity index (χ3v) is 5.93. The van der Waals surface area contributed by atoms with E-state index in [1.807, 2.05) is 0 Å². The zero-order valence-corrected chi connectivity index (χ0v) is 15.7. The predicted molar refractivity (Wildman–Crippen MR) is 120 cm³/mol. The van der Waals surface area contributed by atoms with Crippen LogP contribution in [0.5, 0.6) is 0 Å². The van der Waals surface area contributed by atoms with Gasteiger partial charge < -0.3 is 4.40 Å². The van der Waals surface area contributed by atoms with Crippen LogP contribution in [0.25, 0.3) is 49.2 Å². The Bertz CT molecular complexity index is 1500. The second-order valence-corrected chi connectivity index (χ2v) is 7.47. The van der Waals surface area contributed by atoms with Crippen LogP contribution in [-0.2, 0) is 0 Å². The van der Waals surface area contributed by atoms with E-state index in [9.17, 15) is 0 Å². The molecule has 132 valence electrons. The van der Waals surface area contributed by atoms with Crippen LogP contribution in [-0.4, -0.2) is 4.40 Å². The van der Waals surface area contributed by atoms with Crippen LogP contribution < -0.4 is 0 Å². The molecule has 1 heteroatoms. The number of hydrogen-bond donors (Lipinski definition) is 0. The molecule has 0 radical (unpaired) electrons. The Morgan fingerprint density at radius 2 is 1.29 bits per heavy atom. The minimum Gasteiger partial charge on any atom is -0.308 e. The molecule has 0 N–H and O–H groups in total. The molecule has 4 aromatic carbocycles. The lowest BCUT2D eigenvalue weighted by atomic mass is 9.98. The van der Waals surface area contributed by atoms with Crippen LogP contribution in [0.15, 0.2) is 97.1 Å². The Labute approximate surface area is 163 Å². The average molecular weight is 357 g/mol. The first-order valence-electron chi connectivity index (χ1n) is 9.72. The average Bonchev–Trinajstić information content (AvgIpc) is 3.07. The van der Waals surface area contributed by atoms with Crippen molar-refractivity contribution < 1.29 is 0 Å². The first kappa shape index (κ1) is 15.5. The van der Waals surface area contributed by atoms with Gasteiger partial charge in [0.15, 0.2) is 0 Å². The van der Waals surface area contributed by atoms with Gasteiger partial charge in [0.2, 0.25) is 0 Å². The van der Waals surface area contributed by atoms with Gasteiger partial charge in [-0.15, -0.1) is 0 Å². The van der Waals surface area contributed by atoms with Gasteiger partial charge in [0.05, 0.1) is 16.7 Å². The molecule has 0 spiro atoms. The highest BCUT2D eigenvalue weighted by Gasteiger charge is 2.17. The molecule has 0 aliphatic carbocycles. The molecule has 2 aromatic heterocycles. The highest BCUT2D eigenvalue weighted by atomic mass is 14.9. The Kier molecular flexibility index (Phi) is 3.15. The number of nitrogens with zero attached hydrogens (tertiary/aromatic N) is 1. The Balaban J connectivity index is 1.96. The molecule has 0 aliphatic heterocycles. The number of para-hydroxylation sites is 1. The van der Waals surface area contributed by atoms with Crippen LogP contribution in [0.1, 0.15) is 5.56 Å². The molecule has 1 nitrogen and oxygen atoms in total. The molecule has 0 amide bonds. The topological polar surface area (TPSA) is 4.41 Å². The van der Waals surface area contributed by atoms with E-state index in [-0.39, 0.29) is 0 Å². The smallest absolute Gasteiger partial charge is 0.0582 e. The van der Waals surface area contributed by atoms with Gasteiger partial charge >= 0.3 is 0 Å². The molecular weight excluding hydrogens is 338 g/mol. The number of benzene rings is 4. The van der Waals surface area contributed by atoms with E-state index in [4.69, 9.17) is 0 Å². The minimum atomic E-state index is 1.24. The molecule has 0 unspecified atom stereocenters. The third kappa shape index (κ3) is 2.02. The summed E-state index contributed by atoms with van der Waals surface area (Å²) in [7, 11) is 0. The second-order valence-electron chi connectivity index (χ2n) is 7.47. The zero-order valence-electron chi connectivity index (χ0n) is 15.7. The summed E-state index contributed by atoms with van der Waals surface area (Å²) >= 11 is 0. The van der Waals surface area contributed by atoms with Crippen LogP contribution >= 0.6 is 0 Å². The Morgan fingerprint density at radius 3 is 2.14 bits per heavy atom. The quantitative estimate of drug-likeness (QED) is 0.270. The van der Waals surface area contributed by atoms with Crippen molar-refractivity contribution in [3.63, 3.8) is 0 Å². The summed E-state index contributed by atoms with van der Waals surface area (Å²) in [6.45, 7) is 2.26. The lowest BCUT2D eigenvalue weighted by molar-refractivity contribution is 1.27. The summed E-state index contributed by atoms with van der Waals surface area (Å²) in [5.41, 5.74) is 6.40. The lowest BCUT2D eigenvalue weighted by Crippen LogP contribution is -1.94. The van der Waals surface area contributed by atoms with Crippen molar-refractivity contribution in [3.8, 4) is 11.3 Å². The fourth-order valence-electron chi connectivity index (χ4n) is 4.66. The van der Waals surface area contributed by atoms with E-state index < -0.39 is 0 Å². The number of aromatic nitrogens is 1. The third-order valence-electron chi connectivity index (χ3n) is 5.93. The normalized spacial score (nSPS) is 11.8. The van der Waals surface area contributed by atoms with E-state index >= 15 is 0 Å². The number of hydrogen-bond acceptors (Lipinski definition) is 0. The zero-order chi connectivity index (χ0) is 18.7. The summed E-state index contributed by atoms with van der Waals surface area (Å²) in [6.07, 6.45) is 0. The molecule has 6 rings (SSSR count). The molecule has 0 atom stereocenters. The van der Waals surface area contributed by atoms with Crippen LogP contribution in [0.3, 0.4) is 0 Å². The number of rotatable bonds is 1. The maximum absolute atomic E-state index is 2.45. The maximum atomic E-state index is 2.45. The van der Waals surface area contributed by atoms with E-state index in [0.717, 1.165) is 0 Å². The van der Waals surface area contributed by atoms with Crippen molar-refractivity contribution in [2.24, 2.45) is 0 Å². The SMILES string of the molecule is Cc1c2ccccc2n2c(-c3ccccc3)cc3ccc4ccccc4c3c12. The van der Waals surface area contributed by atoms with Gasteiger partial charge in [-0.05, 0) is 46.3 Å². The fourth-order valence-corrected chi connectivity index (χ4v) is 4.66. The highest BCUT2D eigenvalue weighted by molar-refractivity contribution is 6.19. The summed E-state index contributed by atoms with van der Waals surface area (Å²) in [6, 6.07) is 35.0. The summed E-state index contributed by atoms with van der Waals surface area (Å²) in [5.74, 6) is 0. The molecule has 0 bridgehead atoms. The van der Waals surface area contributed by atoms with Crippen molar-refractivity contribution in [2.45, 2.75) is 6.92 Å². The first-order chi connectivity index (χ1) is 13.8. The van der Waals surface area contributed by atoms with E-state index in [1.165, 1.54) is 54.8 Å². The number of pyridine rings is 1. The van der Waals surface area contributed by atoms with Gasteiger partial charge in [0, 0.05) is 10.8 Å². The lowest BCUT2D eigenvalue weighted by Gasteiger charge is -2.14. The van der Waals surface area contributed by atoms with E-state index in [1.54, 1.807) is 0 Å². The van der Waals surface area contributed by atoms with E-state index in [2.05, 4.69) is 108 Å². The first-order valence-corrected chi connectivity index (χ1v) is 9.72. The molecular formula is C27H19N. The van der Waals surface area contributed by atoms with Gasteiger partial charge in [0.1, 0.15) is 0 Å². The van der Waals surface area contributed by atoms with Crippen LogP contribution in [0.4, 0.5) is 0 Å². The van der Waals surface area contributed by atoms with E-state index in [0.29, 0.717) is 0 Å². The second kappa shape index (κ2) is 5.71.